The minimum absolute atomic E-state index is 0.439. The van der Waals surface area contributed by atoms with Crippen LogP contribution >= 0.6 is 0 Å². The summed E-state index contributed by atoms with van der Waals surface area (Å²) in [7, 11) is 1.89. The van der Waals surface area contributed by atoms with Crippen molar-refractivity contribution in [2.45, 2.75) is 0 Å². The molecule has 0 aromatic carbocycles. The molecule has 0 spiro atoms. The number of hydrogen-bond donors (Lipinski definition) is 2. The smallest absolute Gasteiger partial charge is 0.142 e. The molecule has 1 aromatic heterocycles. The molecule has 68 valence electrons. The fourth-order valence-corrected chi connectivity index (χ4v) is 0.911. The van der Waals surface area contributed by atoms with E-state index >= 15 is 0 Å². The summed E-state index contributed by atoms with van der Waals surface area (Å²) in [5, 5.41) is 14.7. The molecule has 0 fully saturated rings. The molecule has 4 nitrogen and oxygen atoms in total. The van der Waals surface area contributed by atoms with Gasteiger partial charge in [0.25, 0.3) is 0 Å². The lowest BCUT2D eigenvalue weighted by atomic mass is 10.3. The average Bonchev–Trinajstić information content (AvgIpc) is 2.19. The second-order valence-electron chi connectivity index (χ2n) is 2.55. The van der Waals surface area contributed by atoms with E-state index in [2.05, 4.69) is 15.6 Å². The molecule has 0 unspecified atom stereocenters. The summed E-state index contributed by atoms with van der Waals surface area (Å²) in [5.74, 6) is 0.745. The third-order valence-electron chi connectivity index (χ3n) is 1.54. The minimum atomic E-state index is 0.439. The molecule has 0 saturated heterocycles. The SMILES string of the molecule is CNCCNc1cccc(C#N)n1. The number of hydrogen-bond acceptors (Lipinski definition) is 4. The number of pyridine rings is 1. The predicted octanol–water partition coefficient (Wildman–Crippen LogP) is 0.585. The summed E-state index contributed by atoms with van der Waals surface area (Å²) < 4.78 is 0. The third kappa shape index (κ3) is 3.09. The molecule has 0 saturated carbocycles. The van der Waals surface area contributed by atoms with Gasteiger partial charge in [-0.2, -0.15) is 5.26 Å². The number of nitrogens with zero attached hydrogens (tertiary/aromatic N) is 2. The molecule has 0 aliphatic heterocycles. The highest BCUT2D eigenvalue weighted by atomic mass is 15.0. The van der Waals surface area contributed by atoms with Gasteiger partial charge in [0.15, 0.2) is 0 Å². The average molecular weight is 176 g/mol. The third-order valence-corrected chi connectivity index (χ3v) is 1.54. The maximum absolute atomic E-state index is 8.58. The quantitative estimate of drug-likeness (QED) is 0.659. The van der Waals surface area contributed by atoms with Gasteiger partial charge in [0.1, 0.15) is 17.6 Å². The van der Waals surface area contributed by atoms with Crippen LogP contribution in [0.3, 0.4) is 0 Å². The molecule has 1 rings (SSSR count). The lowest BCUT2D eigenvalue weighted by Crippen LogP contribution is -2.18. The van der Waals surface area contributed by atoms with E-state index in [4.69, 9.17) is 5.26 Å². The minimum Gasteiger partial charge on any atom is -0.369 e. The van der Waals surface area contributed by atoms with Gasteiger partial charge < -0.3 is 10.6 Å². The number of likely N-dealkylation sites (N-methyl/N-ethyl adjacent to an activating group) is 1. The van der Waals surface area contributed by atoms with Crippen molar-refractivity contribution in [1.29, 1.82) is 5.26 Å². The zero-order chi connectivity index (χ0) is 9.52. The first-order valence-electron chi connectivity index (χ1n) is 4.12. The van der Waals surface area contributed by atoms with Crippen molar-refractivity contribution in [3.63, 3.8) is 0 Å². The number of nitrogens with one attached hydrogen (secondary N) is 2. The van der Waals surface area contributed by atoms with Gasteiger partial charge in [0, 0.05) is 13.1 Å². The van der Waals surface area contributed by atoms with Crippen molar-refractivity contribution in [3.8, 4) is 6.07 Å². The van der Waals surface area contributed by atoms with Crippen molar-refractivity contribution in [2.24, 2.45) is 0 Å². The number of rotatable bonds is 4. The van der Waals surface area contributed by atoms with Gasteiger partial charge in [-0.3, -0.25) is 0 Å². The van der Waals surface area contributed by atoms with Gasteiger partial charge in [0.05, 0.1) is 0 Å². The Labute approximate surface area is 77.6 Å². The summed E-state index contributed by atoms with van der Waals surface area (Å²) in [6, 6.07) is 7.33. The zero-order valence-corrected chi connectivity index (χ0v) is 7.54. The zero-order valence-electron chi connectivity index (χ0n) is 7.54. The largest absolute Gasteiger partial charge is 0.369 e. The van der Waals surface area contributed by atoms with Crippen LogP contribution in [0.5, 0.6) is 0 Å². The Hall–Kier alpha value is -1.60. The Morgan fingerprint density at radius 3 is 3.00 bits per heavy atom. The molecule has 0 atom stereocenters. The van der Waals surface area contributed by atoms with E-state index in [1.807, 2.05) is 25.2 Å². The first-order valence-corrected chi connectivity index (χ1v) is 4.12. The maximum atomic E-state index is 8.58. The lowest BCUT2D eigenvalue weighted by Gasteiger charge is -2.03. The van der Waals surface area contributed by atoms with Crippen molar-refractivity contribution in [2.75, 3.05) is 25.5 Å². The van der Waals surface area contributed by atoms with E-state index < -0.39 is 0 Å². The van der Waals surface area contributed by atoms with E-state index in [-0.39, 0.29) is 0 Å². The summed E-state index contributed by atoms with van der Waals surface area (Å²) in [6.07, 6.45) is 0. The summed E-state index contributed by atoms with van der Waals surface area (Å²) in [4.78, 5) is 4.06. The van der Waals surface area contributed by atoms with Crippen LogP contribution in [-0.4, -0.2) is 25.1 Å². The topological polar surface area (TPSA) is 60.7 Å². The number of aromatic nitrogens is 1. The highest BCUT2D eigenvalue weighted by Gasteiger charge is 1.94. The van der Waals surface area contributed by atoms with Crippen LogP contribution in [-0.2, 0) is 0 Å². The van der Waals surface area contributed by atoms with Gasteiger partial charge in [-0.25, -0.2) is 4.98 Å². The monoisotopic (exact) mass is 176 g/mol. The van der Waals surface area contributed by atoms with Crippen LogP contribution < -0.4 is 10.6 Å². The van der Waals surface area contributed by atoms with Crippen molar-refractivity contribution >= 4 is 5.82 Å². The van der Waals surface area contributed by atoms with E-state index in [1.165, 1.54) is 0 Å². The Morgan fingerprint density at radius 1 is 1.46 bits per heavy atom. The Bertz CT molecular complexity index is 303. The van der Waals surface area contributed by atoms with Crippen molar-refractivity contribution in [1.82, 2.24) is 10.3 Å². The van der Waals surface area contributed by atoms with Gasteiger partial charge in [-0.1, -0.05) is 6.07 Å². The first kappa shape index (κ1) is 9.49. The Morgan fingerprint density at radius 2 is 2.31 bits per heavy atom. The van der Waals surface area contributed by atoms with Crippen LogP contribution in [0.25, 0.3) is 0 Å². The van der Waals surface area contributed by atoms with Crippen molar-refractivity contribution in [3.05, 3.63) is 23.9 Å². The van der Waals surface area contributed by atoms with Crippen LogP contribution in [0.15, 0.2) is 18.2 Å². The summed E-state index contributed by atoms with van der Waals surface area (Å²) >= 11 is 0. The molecule has 0 amide bonds. The molecule has 1 aromatic rings. The van der Waals surface area contributed by atoms with Crippen LogP contribution in [0, 0.1) is 11.3 Å². The molecule has 0 aliphatic rings. The van der Waals surface area contributed by atoms with Crippen molar-refractivity contribution < 1.29 is 0 Å². The molecule has 1 heterocycles. The van der Waals surface area contributed by atoms with Gasteiger partial charge in [-0.05, 0) is 19.2 Å². The Kier molecular flexibility index (Phi) is 3.74. The molecule has 0 bridgehead atoms. The highest BCUT2D eigenvalue weighted by molar-refractivity contribution is 5.38. The first-order chi connectivity index (χ1) is 6.36. The van der Waals surface area contributed by atoms with Gasteiger partial charge >= 0.3 is 0 Å². The van der Waals surface area contributed by atoms with Gasteiger partial charge in [-0.15, -0.1) is 0 Å². The molecule has 0 radical (unpaired) electrons. The van der Waals surface area contributed by atoms with Crippen LogP contribution in [0.1, 0.15) is 5.69 Å². The molecule has 2 N–H and O–H groups in total. The fraction of sp³-hybridized carbons (Fsp3) is 0.333. The van der Waals surface area contributed by atoms with E-state index in [0.29, 0.717) is 5.69 Å². The molecule has 4 heteroatoms. The van der Waals surface area contributed by atoms with E-state index in [0.717, 1.165) is 18.9 Å². The summed E-state index contributed by atoms with van der Waals surface area (Å²) in [6.45, 7) is 1.68. The second kappa shape index (κ2) is 5.12. The molecular formula is C9H12N4. The predicted molar refractivity (Wildman–Crippen MR) is 51.4 cm³/mol. The lowest BCUT2D eigenvalue weighted by molar-refractivity contribution is 0.821. The van der Waals surface area contributed by atoms with Crippen LogP contribution in [0.2, 0.25) is 0 Å². The summed E-state index contributed by atoms with van der Waals surface area (Å²) in [5.41, 5.74) is 0.439. The molecule has 13 heavy (non-hydrogen) atoms. The normalized spacial score (nSPS) is 9.23. The fourth-order valence-electron chi connectivity index (χ4n) is 0.911. The van der Waals surface area contributed by atoms with Crippen LogP contribution in [0.4, 0.5) is 5.82 Å². The number of nitriles is 1. The van der Waals surface area contributed by atoms with E-state index in [9.17, 15) is 0 Å². The standard InChI is InChI=1S/C9H12N4/c1-11-5-6-12-9-4-2-3-8(7-10)13-9/h2-4,11H,5-6H2,1H3,(H,12,13). The van der Waals surface area contributed by atoms with E-state index in [1.54, 1.807) is 6.07 Å². The molecular weight excluding hydrogens is 164 g/mol. The maximum Gasteiger partial charge on any atom is 0.142 e. The second-order valence-corrected chi connectivity index (χ2v) is 2.55. The highest BCUT2D eigenvalue weighted by Crippen LogP contribution is 2.02. The number of anilines is 1. The Balaban J connectivity index is 2.52. The van der Waals surface area contributed by atoms with Gasteiger partial charge in [0.2, 0.25) is 0 Å². The molecule has 0 aliphatic carbocycles.